The smallest absolute Gasteiger partial charge is 0.158 e. The quantitative estimate of drug-likeness (QED) is 0.451. The van der Waals surface area contributed by atoms with Crippen molar-refractivity contribution >= 4 is 6.26 Å². The summed E-state index contributed by atoms with van der Waals surface area (Å²) in [5.41, 5.74) is -0.402. The molecule has 0 heterocycles. The lowest BCUT2D eigenvalue weighted by Gasteiger charge is -1.95. The van der Waals surface area contributed by atoms with Gasteiger partial charge in [-0.15, -0.1) is 0 Å². The number of phenols is 2. The molecule has 0 aliphatic rings. The third kappa shape index (κ3) is 1.07. The third-order valence-corrected chi connectivity index (χ3v) is 0.941. The Kier molecular flexibility index (Phi) is 0.862. The van der Waals surface area contributed by atoms with Crippen molar-refractivity contribution in [3.63, 3.8) is 0 Å². The van der Waals surface area contributed by atoms with E-state index in [0.717, 1.165) is 6.07 Å². The third-order valence-electron chi connectivity index (χ3n) is 0.941. The molecule has 1 aromatic rings. The number of rotatable bonds is 1. The number of aldehydes is 1. The van der Waals surface area contributed by atoms with Crippen LogP contribution in [0.4, 0.5) is 0 Å². The molecule has 0 saturated carbocycles. The van der Waals surface area contributed by atoms with Gasteiger partial charge in [-0.1, -0.05) is 0 Å². The van der Waals surface area contributed by atoms with Crippen LogP contribution in [0, 0.1) is 0 Å². The minimum absolute atomic E-state index is 0.402. The molecule has 2 N–H and O–H groups in total. The van der Waals surface area contributed by atoms with Gasteiger partial charge in [0.2, 0.25) is 0 Å². The summed E-state index contributed by atoms with van der Waals surface area (Å²) < 4.78 is 20.9. The van der Waals surface area contributed by atoms with Crippen LogP contribution in [-0.4, -0.2) is 16.5 Å². The van der Waals surface area contributed by atoms with Gasteiger partial charge in [0, 0.05) is 5.56 Å². The number of benzene rings is 1. The highest BCUT2D eigenvalue weighted by molar-refractivity contribution is 5.76. The fourth-order valence-electron chi connectivity index (χ4n) is 0.487. The highest BCUT2D eigenvalue weighted by Gasteiger charge is 1.97. The van der Waals surface area contributed by atoms with E-state index in [-0.39, 0.29) is 0 Å². The Morgan fingerprint density at radius 3 is 2.90 bits per heavy atom. The van der Waals surface area contributed by atoms with Gasteiger partial charge < -0.3 is 10.2 Å². The van der Waals surface area contributed by atoms with Gasteiger partial charge in [0.25, 0.3) is 0 Å². The van der Waals surface area contributed by atoms with Crippen molar-refractivity contribution in [3.05, 3.63) is 23.7 Å². The molecule has 1 rings (SSSR count). The zero-order valence-corrected chi connectivity index (χ0v) is 4.88. The summed E-state index contributed by atoms with van der Waals surface area (Å²) in [6.45, 7) is 0. The molecule has 10 heavy (non-hydrogen) atoms. The minimum atomic E-state index is -1.17. The summed E-state index contributed by atoms with van der Waals surface area (Å²) in [7, 11) is 0. The van der Waals surface area contributed by atoms with E-state index in [1.165, 1.54) is 0 Å². The van der Waals surface area contributed by atoms with Gasteiger partial charge in [-0.2, -0.15) is 0 Å². The van der Waals surface area contributed by atoms with Crippen molar-refractivity contribution in [2.75, 3.05) is 0 Å². The second kappa shape index (κ2) is 2.39. The van der Waals surface area contributed by atoms with Gasteiger partial charge in [-0.3, -0.25) is 4.79 Å². The lowest BCUT2D eigenvalue weighted by atomic mass is 10.2. The van der Waals surface area contributed by atoms with Crippen LogP contribution < -0.4 is 0 Å². The predicted molar refractivity (Wildman–Crippen MR) is 35.2 cm³/mol. The van der Waals surface area contributed by atoms with Crippen LogP contribution in [0.2, 0.25) is 0 Å². The Bertz CT molecular complexity index is 376. The van der Waals surface area contributed by atoms with E-state index >= 15 is 0 Å². The van der Waals surface area contributed by atoms with Crippen molar-refractivity contribution in [1.29, 1.82) is 0 Å². The van der Waals surface area contributed by atoms with Gasteiger partial charge >= 0.3 is 0 Å². The number of phenolic OH excluding ortho intramolecular Hbond substituents is 2. The molecule has 0 aliphatic carbocycles. The second-order valence-electron chi connectivity index (χ2n) is 1.63. The molecule has 0 bridgehead atoms. The van der Waals surface area contributed by atoms with Crippen LogP contribution in [0.1, 0.15) is 14.5 Å². The predicted octanol–water partition coefficient (Wildman–Crippen LogP) is 0.910. The number of aromatic hydroxyl groups is 2. The first-order valence-electron chi connectivity index (χ1n) is 3.98. The maximum atomic E-state index is 10.6. The van der Waals surface area contributed by atoms with Gasteiger partial charge in [0.05, 0.1) is 2.74 Å². The van der Waals surface area contributed by atoms with Crippen molar-refractivity contribution in [1.82, 2.24) is 0 Å². The largest absolute Gasteiger partial charge is 0.504 e. The zero-order valence-electron chi connectivity index (χ0n) is 7.88. The molecular formula is C7H6O3. The number of hydrogen-bond acceptors (Lipinski definition) is 3. The molecule has 0 aromatic heterocycles. The van der Waals surface area contributed by atoms with Crippen molar-refractivity contribution in [3.8, 4) is 11.5 Å². The Hall–Kier alpha value is -1.51. The Balaban J connectivity index is 3.50. The van der Waals surface area contributed by atoms with Gasteiger partial charge in [-0.05, 0) is 18.2 Å². The zero-order chi connectivity index (χ0) is 10.2. The molecular weight excluding hydrogens is 132 g/mol. The molecule has 52 valence electrons. The maximum absolute atomic E-state index is 10.6. The Morgan fingerprint density at radius 2 is 2.30 bits per heavy atom. The SMILES string of the molecule is [2H]C(=O)c1cc([2H])c(O)c(O)c1[2H]. The average Bonchev–Trinajstić information content (AvgIpc) is 2.07. The molecule has 0 atom stereocenters. The molecule has 1 aromatic carbocycles. The topological polar surface area (TPSA) is 57.5 Å². The highest BCUT2D eigenvalue weighted by atomic mass is 16.3. The molecule has 0 fully saturated rings. The molecule has 3 nitrogen and oxygen atoms in total. The van der Waals surface area contributed by atoms with E-state index in [9.17, 15) is 4.79 Å². The normalized spacial score (nSPS) is 13.4. The van der Waals surface area contributed by atoms with Crippen LogP contribution >= 0.6 is 0 Å². The fraction of sp³-hybridized carbons (Fsp3) is 0. The van der Waals surface area contributed by atoms with E-state index in [1.807, 2.05) is 0 Å². The van der Waals surface area contributed by atoms with E-state index < -0.39 is 35.4 Å². The molecule has 3 heteroatoms. The van der Waals surface area contributed by atoms with Crippen molar-refractivity contribution in [2.45, 2.75) is 0 Å². The Morgan fingerprint density at radius 1 is 1.60 bits per heavy atom. The van der Waals surface area contributed by atoms with E-state index in [1.54, 1.807) is 0 Å². The summed E-state index contributed by atoms with van der Waals surface area (Å²) in [6, 6.07) is -0.246. The van der Waals surface area contributed by atoms with E-state index in [2.05, 4.69) is 0 Å². The number of carbonyl (C=O) groups excluding carboxylic acids is 1. The first kappa shape index (κ1) is 3.61. The summed E-state index contributed by atoms with van der Waals surface area (Å²) >= 11 is 0. The fourth-order valence-corrected chi connectivity index (χ4v) is 0.487. The number of hydrogen-bond donors (Lipinski definition) is 2. The second-order valence-corrected chi connectivity index (χ2v) is 1.63. The standard InChI is InChI=1S/C7H6O3/c8-4-5-1-2-6(9)7(10)3-5/h1-4,9-10H/i2D,3D,4D. The van der Waals surface area contributed by atoms with Crippen molar-refractivity contribution < 1.29 is 19.1 Å². The van der Waals surface area contributed by atoms with Crippen LogP contribution in [0.15, 0.2) is 18.2 Å². The van der Waals surface area contributed by atoms with E-state index in [4.69, 9.17) is 14.3 Å². The minimum Gasteiger partial charge on any atom is -0.504 e. The number of carbonyl (C=O) groups is 1. The van der Waals surface area contributed by atoms with Crippen LogP contribution in [0.3, 0.4) is 0 Å². The first-order chi connectivity index (χ1) is 5.95. The molecule has 0 unspecified atom stereocenters. The lowest BCUT2D eigenvalue weighted by Crippen LogP contribution is -1.77. The van der Waals surface area contributed by atoms with E-state index in [0.29, 0.717) is 0 Å². The molecule has 0 spiro atoms. The van der Waals surface area contributed by atoms with Gasteiger partial charge in [-0.25, -0.2) is 0 Å². The summed E-state index contributed by atoms with van der Waals surface area (Å²) in [4.78, 5) is 10.6. The van der Waals surface area contributed by atoms with Crippen LogP contribution in [0.5, 0.6) is 11.5 Å². The lowest BCUT2D eigenvalue weighted by molar-refractivity contribution is 0.112. The van der Waals surface area contributed by atoms with Gasteiger partial charge in [0.1, 0.15) is 7.63 Å². The molecule has 0 aliphatic heterocycles. The van der Waals surface area contributed by atoms with Crippen LogP contribution in [-0.2, 0) is 0 Å². The van der Waals surface area contributed by atoms with Gasteiger partial charge in [0.15, 0.2) is 11.5 Å². The Labute approximate surface area is 61.8 Å². The maximum Gasteiger partial charge on any atom is 0.158 e. The summed E-state index contributed by atoms with van der Waals surface area (Å²) in [5, 5.41) is 18.0. The molecule has 0 radical (unpaired) electrons. The monoisotopic (exact) mass is 141 g/mol. The summed E-state index contributed by atoms with van der Waals surface area (Å²) in [6.07, 6.45) is -1.17. The first-order valence-corrected chi connectivity index (χ1v) is 2.48. The molecule has 0 amide bonds. The summed E-state index contributed by atoms with van der Waals surface area (Å²) in [5.74, 6) is -1.60. The van der Waals surface area contributed by atoms with Crippen LogP contribution in [0.25, 0.3) is 0 Å². The van der Waals surface area contributed by atoms with Crippen molar-refractivity contribution in [2.24, 2.45) is 0 Å². The molecule has 0 saturated heterocycles. The highest BCUT2D eigenvalue weighted by Crippen LogP contribution is 2.23. The average molecular weight is 141 g/mol.